The van der Waals surface area contributed by atoms with Crippen molar-refractivity contribution in [3.8, 4) is 0 Å². The van der Waals surface area contributed by atoms with Crippen molar-refractivity contribution < 1.29 is 0 Å². The summed E-state index contributed by atoms with van der Waals surface area (Å²) in [5.41, 5.74) is 7.63. The molecule has 1 saturated carbocycles. The van der Waals surface area contributed by atoms with E-state index in [1.54, 1.807) is 11.3 Å². The highest BCUT2D eigenvalue weighted by atomic mass is 32.1. The number of thiocarbonyl (C=S) groups is 1. The van der Waals surface area contributed by atoms with Crippen LogP contribution in [0.25, 0.3) is 0 Å². The first kappa shape index (κ1) is 13.5. The number of thiophene rings is 1. The van der Waals surface area contributed by atoms with Gasteiger partial charge in [0.15, 0.2) is 0 Å². The molecular formula is C15H17N3S2. The minimum absolute atomic E-state index is 0.434. The Balaban J connectivity index is 1.93. The Hall–Kier alpha value is -1.46. The maximum Gasteiger partial charge on any atom is 0.130 e. The van der Waals surface area contributed by atoms with Crippen LogP contribution in [0, 0.1) is 6.92 Å². The Morgan fingerprint density at radius 3 is 2.90 bits per heavy atom. The minimum Gasteiger partial charge on any atom is -0.389 e. The highest BCUT2D eigenvalue weighted by molar-refractivity contribution is 7.80. The number of aromatic nitrogens is 1. The third-order valence-electron chi connectivity index (χ3n) is 3.41. The molecule has 0 amide bonds. The van der Waals surface area contributed by atoms with E-state index < -0.39 is 0 Å². The lowest BCUT2D eigenvalue weighted by atomic mass is 10.2. The molecule has 0 spiro atoms. The Bertz CT molecular complexity index is 618. The van der Waals surface area contributed by atoms with Crippen molar-refractivity contribution in [2.75, 3.05) is 4.90 Å². The number of nitrogens with two attached hydrogens (primary N) is 1. The van der Waals surface area contributed by atoms with Crippen molar-refractivity contribution in [2.45, 2.75) is 32.4 Å². The lowest BCUT2D eigenvalue weighted by Crippen LogP contribution is -2.26. The minimum atomic E-state index is 0.434. The van der Waals surface area contributed by atoms with Crippen molar-refractivity contribution in [3.63, 3.8) is 0 Å². The van der Waals surface area contributed by atoms with Gasteiger partial charge in [0.2, 0.25) is 0 Å². The molecule has 0 unspecified atom stereocenters. The molecule has 0 bridgehead atoms. The Morgan fingerprint density at radius 1 is 1.50 bits per heavy atom. The molecule has 2 aromatic rings. The Labute approximate surface area is 128 Å². The number of aryl methyl sites for hydroxylation is 1. The van der Waals surface area contributed by atoms with Gasteiger partial charge in [0, 0.05) is 22.2 Å². The summed E-state index contributed by atoms with van der Waals surface area (Å²) < 4.78 is 0. The maximum absolute atomic E-state index is 5.77. The van der Waals surface area contributed by atoms with Crippen molar-refractivity contribution >= 4 is 34.4 Å². The van der Waals surface area contributed by atoms with Crippen LogP contribution < -0.4 is 10.6 Å². The molecule has 0 aromatic carbocycles. The van der Waals surface area contributed by atoms with E-state index in [1.807, 2.05) is 19.1 Å². The van der Waals surface area contributed by atoms with E-state index in [2.05, 4.69) is 27.4 Å². The van der Waals surface area contributed by atoms with Gasteiger partial charge in [-0.3, -0.25) is 0 Å². The highest BCUT2D eigenvalue weighted by Gasteiger charge is 2.30. The normalized spacial score (nSPS) is 14.2. The molecule has 2 N–H and O–H groups in total. The molecule has 2 aromatic heterocycles. The van der Waals surface area contributed by atoms with Crippen LogP contribution in [0.2, 0.25) is 0 Å². The van der Waals surface area contributed by atoms with Gasteiger partial charge in [-0.1, -0.05) is 18.3 Å². The zero-order chi connectivity index (χ0) is 14.1. The molecule has 0 saturated heterocycles. The summed E-state index contributed by atoms with van der Waals surface area (Å²) in [6.07, 6.45) is 2.48. The second-order valence-electron chi connectivity index (χ2n) is 5.16. The lowest BCUT2D eigenvalue weighted by Gasteiger charge is -2.24. The Kier molecular flexibility index (Phi) is 3.72. The van der Waals surface area contributed by atoms with Crippen molar-refractivity contribution in [2.24, 2.45) is 5.73 Å². The lowest BCUT2D eigenvalue weighted by molar-refractivity contribution is 0.783. The molecule has 104 valence electrons. The van der Waals surface area contributed by atoms with Crippen LogP contribution in [0.4, 0.5) is 5.82 Å². The average Bonchev–Trinajstić information content (AvgIpc) is 3.12. The summed E-state index contributed by atoms with van der Waals surface area (Å²) in [5.74, 6) is 0.990. The van der Waals surface area contributed by atoms with Gasteiger partial charge >= 0.3 is 0 Å². The number of anilines is 1. The Morgan fingerprint density at radius 2 is 2.30 bits per heavy atom. The molecule has 2 heterocycles. The first-order valence-electron chi connectivity index (χ1n) is 6.71. The molecule has 0 aliphatic heterocycles. The molecule has 20 heavy (non-hydrogen) atoms. The molecule has 1 aliphatic carbocycles. The van der Waals surface area contributed by atoms with Crippen LogP contribution in [-0.2, 0) is 6.54 Å². The number of hydrogen-bond acceptors (Lipinski definition) is 4. The van der Waals surface area contributed by atoms with Gasteiger partial charge in [0.1, 0.15) is 10.8 Å². The number of rotatable bonds is 5. The fourth-order valence-corrected chi connectivity index (χ4v) is 3.11. The van der Waals surface area contributed by atoms with E-state index in [0.717, 1.165) is 23.6 Å². The molecular weight excluding hydrogens is 286 g/mol. The van der Waals surface area contributed by atoms with Crippen molar-refractivity contribution in [3.05, 3.63) is 45.8 Å². The van der Waals surface area contributed by atoms with Crippen molar-refractivity contribution in [1.82, 2.24) is 4.98 Å². The zero-order valence-electron chi connectivity index (χ0n) is 11.4. The molecule has 1 aliphatic rings. The summed E-state index contributed by atoms with van der Waals surface area (Å²) in [6.45, 7) is 2.90. The van der Waals surface area contributed by atoms with Gasteiger partial charge in [0.25, 0.3) is 0 Å². The summed E-state index contributed by atoms with van der Waals surface area (Å²) in [7, 11) is 0. The van der Waals surface area contributed by atoms with Gasteiger partial charge in [-0.25, -0.2) is 4.98 Å². The summed E-state index contributed by atoms with van der Waals surface area (Å²) in [6, 6.07) is 8.83. The second-order valence-corrected chi connectivity index (χ2v) is 6.63. The SMILES string of the molecule is Cc1cc(C(N)=S)cc(N(Cc2cccs2)C2CC2)n1. The van der Waals surface area contributed by atoms with Gasteiger partial charge < -0.3 is 10.6 Å². The fourth-order valence-electron chi connectivity index (χ4n) is 2.29. The smallest absolute Gasteiger partial charge is 0.130 e. The van der Waals surface area contributed by atoms with E-state index in [0.29, 0.717) is 11.0 Å². The van der Waals surface area contributed by atoms with Gasteiger partial charge in [-0.2, -0.15) is 0 Å². The van der Waals surface area contributed by atoms with Crippen LogP contribution >= 0.6 is 23.6 Å². The van der Waals surface area contributed by atoms with Crippen molar-refractivity contribution in [1.29, 1.82) is 0 Å². The third-order valence-corrected chi connectivity index (χ3v) is 4.51. The standard InChI is InChI=1S/C15H17N3S2/c1-10-7-11(15(16)19)8-14(17-10)18(12-4-5-12)9-13-3-2-6-20-13/h2-3,6-8,12H,4-5,9H2,1H3,(H2,16,19). The predicted molar refractivity (Wildman–Crippen MR) is 88.4 cm³/mol. The van der Waals surface area contributed by atoms with E-state index in [1.165, 1.54) is 17.7 Å². The molecule has 3 rings (SSSR count). The summed E-state index contributed by atoms with van der Waals surface area (Å²) >= 11 is 6.88. The fraction of sp³-hybridized carbons (Fsp3) is 0.333. The van der Waals surface area contributed by atoms with Crippen LogP contribution in [0.3, 0.4) is 0 Å². The first-order chi connectivity index (χ1) is 9.63. The van der Waals surface area contributed by atoms with E-state index in [4.69, 9.17) is 18.0 Å². The molecule has 3 nitrogen and oxygen atoms in total. The zero-order valence-corrected chi connectivity index (χ0v) is 13.0. The topological polar surface area (TPSA) is 42.1 Å². The first-order valence-corrected chi connectivity index (χ1v) is 8.00. The van der Waals surface area contributed by atoms with E-state index in [-0.39, 0.29) is 0 Å². The van der Waals surface area contributed by atoms with Crippen LogP contribution in [0.1, 0.15) is 29.0 Å². The summed E-state index contributed by atoms with van der Waals surface area (Å²) in [4.78, 5) is 8.84. The predicted octanol–water partition coefficient (Wildman–Crippen LogP) is 3.25. The highest BCUT2D eigenvalue weighted by Crippen LogP contribution is 2.33. The average molecular weight is 303 g/mol. The van der Waals surface area contributed by atoms with Crippen LogP contribution in [0.5, 0.6) is 0 Å². The summed E-state index contributed by atoms with van der Waals surface area (Å²) in [5, 5.41) is 2.12. The van der Waals surface area contributed by atoms with Gasteiger partial charge in [-0.15, -0.1) is 11.3 Å². The van der Waals surface area contributed by atoms with Gasteiger partial charge in [-0.05, 0) is 43.3 Å². The number of hydrogen-bond donors (Lipinski definition) is 1. The van der Waals surface area contributed by atoms with Gasteiger partial charge in [0.05, 0.1) is 6.54 Å². The quantitative estimate of drug-likeness (QED) is 0.861. The largest absolute Gasteiger partial charge is 0.389 e. The third kappa shape index (κ3) is 2.99. The van der Waals surface area contributed by atoms with Crippen LogP contribution in [-0.4, -0.2) is 16.0 Å². The molecule has 0 radical (unpaired) electrons. The van der Waals surface area contributed by atoms with Crippen LogP contribution in [0.15, 0.2) is 29.6 Å². The number of pyridine rings is 1. The number of nitrogens with zero attached hydrogens (tertiary/aromatic N) is 2. The molecule has 1 fully saturated rings. The van der Waals surface area contributed by atoms with E-state index >= 15 is 0 Å². The maximum atomic E-state index is 5.77. The van der Waals surface area contributed by atoms with E-state index in [9.17, 15) is 0 Å². The molecule has 0 atom stereocenters. The monoisotopic (exact) mass is 303 g/mol. The molecule has 5 heteroatoms. The second kappa shape index (κ2) is 5.50.